The zero-order valence-corrected chi connectivity index (χ0v) is 13.5. The summed E-state index contributed by atoms with van der Waals surface area (Å²) in [6.45, 7) is 2.66. The van der Waals surface area contributed by atoms with Crippen LogP contribution in [0.3, 0.4) is 0 Å². The minimum absolute atomic E-state index is 0.0601. The summed E-state index contributed by atoms with van der Waals surface area (Å²) in [7, 11) is -3.50. The summed E-state index contributed by atoms with van der Waals surface area (Å²) < 4.78 is 30.3. The van der Waals surface area contributed by atoms with Gasteiger partial charge in [0.25, 0.3) is 0 Å². The van der Waals surface area contributed by atoms with E-state index in [0.717, 1.165) is 30.5 Å². The Balaban J connectivity index is 1.74. The molecule has 6 heteroatoms. The van der Waals surface area contributed by atoms with Crippen LogP contribution < -0.4 is 4.90 Å². The maximum atomic E-state index is 12.6. The summed E-state index contributed by atoms with van der Waals surface area (Å²) in [5.41, 5.74) is 1.94. The van der Waals surface area contributed by atoms with Crippen LogP contribution >= 0.6 is 0 Å². The Labute approximate surface area is 131 Å². The number of amides is 1. The first-order valence-electron chi connectivity index (χ1n) is 7.71. The molecule has 1 aromatic carbocycles. The molecule has 0 radical (unpaired) electrons. The van der Waals surface area contributed by atoms with Gasteiger partial charge >= 0.3 is 0 Å². The molecule has 0 bridgehead atoms. The lowest BCUT2D eigenvalue weighted by atomic mass is 10.2. The molecule has 1 fully saturated rings. The maximum absolute atomic E-state index is 12.6. The number of sulfone groups is 1. The number of carbonyl (C=O) groups is 1. The number of fused-ring (bicyclic) bond motifs is 1. The number of ether oxygens (including phenoxy) is 1. The summed E-state index contributed by atoms with van der Waals surface area (Å²) in [6.07, 6.45) is 2.17. The number of hydrogen-bond acceptors (Lipinski definition) is 4. The van der Waals surface area contributed by atoms with Crippen molar-refractivity contribution in [1.29, 1.82) is 0 Å². The van der Waals surface area contributed by atoms with Gasteiger partial charge in [0, 0.05) is 18.8 Å². The van der Waals surface area contributed by atoms with E-state index in [1.165, 1.54) is 6.92 Å². The van der Waals surface area contributed by atoms with Crippen molar-refractivity contribution in [2.24, 2.45) is 0 Å². The van der Waals surface area contributed by atoms with Crippen molar-refractivity contribution in [3.63, 3.8) is 0 Å². The highest BCUT2D eigenvalue weighted by atomic mass is 32.2. The highest BCUT2D eigenvalue weighted by molar-refractivity contribution is 7.92. The van der Waals surface area contributed by atoms with Crippen molar-refractivity contribution in [2.75, 3.05) is 23.8 Å². The van der Waals surface area contributed by atoms with E-state index in [4.69, 9.17) is 4.74 Å². The summed E-state index contributed by atoms with van der Waals surface area (Å²) in [4.78, 5) is 14.2. The third-order valence-corrected chi connectivity index (χ3v) is 6.60. The van der Waals surface area contributed by atoms with E-state index in [0.29, 0.717) is 13.2 Å². The molecule has 1 aromatic rings. The fourth-order valence-electron chi connectivity index (χ4n) is 3.12. The summed E-state index contributed by atoms with van der Waals surface area (Å²) in [6, 6.07) is 7.66. The first-order chi connectivity index (χ1) is 10.5. The third kappa shape index (κ3) is 2.90. The third-order valence-electron chi connectivity index (χ3n) is 4.48. The molecule has 1 amide bonds. The second-order valence-corrected chi connectivity index (χ2v) is 8.34. The molecule has 5 nitrogen and oxygen atoms in total. The Bertz CT molecular complexity index is 664. The number of para-hydroxylation sites is 1. The van der Waals surface area contributed by atoms with Crippen molar-refractivity contribution in [2.45, 2.75) is 37.5 Å². The fraction of sp³-hybridized carbons (Fsp3) is 0.562. The number of carbonyl (C=O) groups excluding carboxylic acids is 1. The summed E-state index contributed by atoms with van der Waals surface area (Å²) in [5, 5.41) is -1.03. The molecule has 0 spiro atoms. The highest BCUT2D eigenvalue weighted by Gasteiger charge is 2.36. The lowest BCUT2D eigenvalue weighted by molar-refractivity contribution is -0.117. The van der Waals surface area contributed by atoms with Crippen LogP contribution in [0.15, 0.2) is 24.3 Å². The van der Waals surface area contributed by atoms with Gasteiger partial charge in [0.05, 0.1) is 11.9 Å². The Kier molecular flexibility index (Phi) is 4.23. The smallest absolute Gasteiger partial charge is 0.245 e. The van der Waals surface area contributed by atoms with Crippen LogP contribution in [0.2, 0.25) is 0 Å². The molecular weight excluding hydrogens is 302 g/mol. The molecule has 2 aliphatic heterocycles. The molecule has 2 heterocycles. The van der Waals surface area contributed by atoms with Crippen molar-refractivity contribution < 1.29 is 17.9 Å². The van der Waals surface area contributed by atoms with Crippen LogP contribution in [0.5, 0.6) is 0 Å². The largest absolute Gasteiger partial charge is 0.377 e. The average Bonchev–Trinajstić information content (AvgIpc) is 3.14. The molecule has 1 saturated heterocycles. The zero-order chi connectivity index (χ0) is 15.7. The Morgan fingerprint density at radius 2 is 2.18 bits per heavy atom. The Morgan fingerprint density at radius 1 is 1.41 bits per heavy atom. The van der Waals surface area contributed by atoms with Crippen molar-refractivity contribution >= 4 is 21.4 Å². The first-order valence-corrected chi connectivity index (χ1v) is 9.43. The number of rotatable bonds is 4. The van der Waals surface area contributed by atoms with Gasteiger partial charge in [-0.2, -0.15) is 0 Å². The topological polar surface area (TPSA) is 63.7 Å². The lowest BCUT2D eigenvalue weighted by Crippen LogP contribution is -2.43. The van der Waals surface area contributed by atoms with Gasteiger partial charge in [-0.05, 0) is 37.8 Å². The van der Waals surface area contributed by atoms with Crippen molar-refractivity contribution in [3.05, 3.63) is 29.8 Å². The van der Waals surface area contributed by atoms with E-state index in [1.54, 1.807) is 4.90 Å². The number of hydrogen-bond donors (Lipinski definition) is 0. The molecule has 0 N–H and O–H groups in total. The monoisotopic (exact) mass is 323 g/mol. The van der Waals surface area contributed by atoms with Crippen LogP contribution in [0.25, 0.3) is 0 Å². The lowest BCUT2D eigenvalue weighted by Gasteiger charge is -2.22. The SMILES string of the molecule is C[C@H](C(=O)N1CCc2ccccc21)S(=O)(=O)C[C@@H]1CCCO1. The molecule has 0 aliphatic carbocycles. The van der Waals surface area contributed by atoms with E-state index >= 15 is 0 Å². The van der Waals surface area contributed by atoms with Gasteiger partial charge in [0.2, 0.25) is 5.91 Å². The minimum atomic E-state index is -3.50. The number of anilines is 1. The average molecular weight is 323 g/mol. The molecule has 0 saturated carbocycles. The number of benzene rings is 1. The second kappa shape index (κ2) is 6.01. The van der Waals surface area contributed by atoms with E-state index in [-0.39, 0.29) is 17.8 Å². The molecule has 22 heavy (non-hydrogen) atoms. The van der Waals surface area contributed by atoms with E-state index < -0.39 is 15.1 Å². The van der Waals surface area contributed by atoms with E-state index in [9.17, 15) is 13.2 Å². The van der Waals surface area contributed by atoms with Crippen LogP contribution in [0.4, 0.5) is 5.69 Å². The number of nitrogens with zero attached hydrogens (tertiary/aromatic N) is 1. The van der Waals surface area contributed by atoms with Crippen LogP contribution in [-0.4, -0.2) is 44.6 Å². The standard InChI is InChI=1S/C16H21NO4S/c1-12(22(19,20)11-14-6-4-10-21-14)16(18)17-9-8-13-5-2-3-7-15(13)17/h2-3,5,7,12,14H,4,6,8-11H2,1H3/t12-,14+/m1/s1. The van der Waals surface area contributed by atoms with Crippen molar-refractivity contribution in [3.8, 4) is 0 Å². The normalized spacial score (nSPS) is 22.6. The Hall–Kier alpha value is -1.40. The second-order valence-electron chi connectivity index (χ2n) is 5.98. The fourth-order valence-corrected chi connectivity index (χ4v) is 4.62. The van der Waals surface area contributed by atoms with E-state index in [2.05, 4.69) is 0 Å². The van der Waals surface area contributed by atoms with Gasteiger partial charge in [-0.3, -0.25) is 4.79 Å². The van der Waals surface area contributed by atoms with Gasteiger partial charge in [-0.25, -0.2) is 8.42 Å². The van der Waals surface area contributed by atoms with E-state index in [1.807, 2.05) is 24.3 Å². The molecule has 2 aliphatic rings. The highest BCUT2D eigenvalue weighted by Crippen LogP contribution is 2.29. The van der Waals surface area contributed by atoms with Gasteiger partial charge in [-0.1, -0.05) is 18.2 Å². The summed E-state index contributed by atoms with van der Waals surface area (Å²) in [5.74, 6) is -0.391. The first kappa shape index (κ1) is 15.5. The molecule has 0 unspecified atom stereocenters. The van der Waals surface area contributed by atoms with Gasteiger partial charge in [0.15, 0.2) is 9.84 Å². The minimum Gasteiger partial charge on any atom is -0.377 e. The quantitative estimate of drug-likeness (QED) is 0.843. The zero-order valence-electron chi connectivity index (χ0n) is 12.7. The Morgan fingerprint density at radius 3 is 2.91 bits per heavy atom. The summed E-state index contributed by atoms with van der Waals surface area (Å²) >= 11 is 0. The molecule has 2 atom stereocenters. The maximum Gasteiger partial charge on any atom is 0.245 e. The van der Waals surface area contributed by atoms with Gasteiger partial charge < -0.3 is 9.64 Å². The predicted octanol–water partition coefficient (Wildman–Crippen LogP) is 1.56. The van der Waals surface area contributed by atoms with Gasteiger partial charge in [0.1, 0.15) is 5.25 Å². The molecule has 120 valence electrons. The van der Waals surface area contributed by atoms with Crippen molar-refractivity contribution in [1.82, 2.24) is 0 Å². The van der Waals surface area contributed by atoms with Gasteiger partial charge in [-0.15, -0.1) is 0 Å². The molecular formula is C16H21NO4S. The molecule has 0 aromatic heterocycles. The molecule has 3 rings (SSSR count). The van der Waals surface area contributed by atoms with Crippen LogP contribution in [-0.2, 0) is 25.8 Å². The van der Waals surface area contributed by atoms with Crippen LogP contribution in [0.1, 0.15) is 25.3 Å². The predicted molar refractivity (Wildman–Crippen MR) is 84.7 cm³/mol. The van der Waals surface area contributed by atoms with Crippen LogP contribution in [0, 0.1) is 0 Å².